The fourth-order valence-corrected chi connectivity index (χ4v) is 1.87. The molecule has 0 radical (unpaired) electrons. The number of hydrogen-bond acceptors (Lipinski definition) is 2. The van der Waals surface area contributed by atoms with E-state index < -0.39 is 11.7 Å². The number of nitrogens with one attached hydrogen (secondary N) is 1. The lowest BCUT2D eigenvalue weighted by molar-refractivity contribution is 0.102. The van der Waals surface area contributed by atoms with Crippen LogP contribution in [0.25, 0.3) is 0 Å². The van der Waals surface area contributed by atoms with Crippen molar-refractivity contribution in [3.63, 3.8) is 0 Å². The Balaban J connectivity index is 2.34. The topological polar surface area (TPSA) is 55.1 Å². The van der Waals surface area contributed by atoms with E-state index in [2.05, 4.69) is 5.32 Å². The zero-order valence-electron chi connectivity index (χ0n) is 10.2. The molecule has 0 bridgehead atoms. The van der Waals surface area contributed by atoms with Crippen molar-refractivity contribution < 1.29 is 9.18 Å². The van der Waals surface area contributed by atoms with Crippen molar-refractivity contribution in [2.45, 2.75) is 6.92 Å². The Morgan fingerprint density at radius 2 is 2.05 bits per heavy atom. The van der Waals surface area contributed by atoms with E-state index in [0.29, 0.717) is 10.6 Å². The molecule has 0 saturated carbocycles. The molecule has 5 heteroatoms. The van der Waals surface area contributed by atoms with E-state index in [9.17, 15) is 9.18 Å². The number of benzene rings is 2. The van der Waals surface area contributed by atoms with E-state index in [-0.39, 0.29) is 16.9 Å². The van der Waals surface area contributed by atoms with Crippen molar-refractivity contribution in [1.29, 1.82) is 0 Å². The number of para-hydroxylation sites is 1. The lowest BCUT2D eigenvalue weighted by Gasteiger charge is -2.11. The van der Waals surface area contributed by atoms with Gasteiger partial charge in [0.25, 0.3) is 5.91 Å². The Labute approximate surface area is 115 Å². The Kier molecular flexibility index (Phi) is 3.71. The molecule has 2 rings (SSSR count). The fourth-order valence-electron chi connectivity index (χ4n) is 1.70. The molecule has 98 valence electrons. The second-order valence-corrected chi connectivity index (χ2v) is 4.55. The molecule has 0 unspecified atom stereocenters. The molecule has 0 fully saturated rings. The Hall–Kier alpha value is -2.07. The number of nitrogen functional groups attached to an aromatic ring is 1. The van der Waals surface area contributed by atoms with Gasteiger partial charge in [-0.1, -0.05) is 23.7 Å². The van der Waals surface area contributed by atoms with Crippen molar-refractivity contribution in [3.8, 4) is 0 Å². The van der Waals surface area contributed by atoms with E-state index in [4.69, 9.17) is 17.3 Å². The molecule has 2 aromatic carbocycles. The zero-order valence-corrected chi connectivity index (χ0v) is 11.0. The van der Waals surface area contributed by atoms with Gasteiger partial charge in [-0.05, 0) is 36.8 Å². The van der Waals surface area contributed by atoms with Crippen molar-refractivity contribution in [2.24, 2.45) is 0 Å². The van der Waals surface area contributed by atoms with Crippen molar-refractivity contribution in [3.05, 3.63) is 58.4 Å². The van der Waals surface area contributed by atoms with Gasteiger partial charge < -0.3 is 11.1 Å². The van der Waals surface area contributed by atoms with Crippen LogP contribution in [0.1, 0.15) is 15.9 Å². The van der Waals surface area contributed by atoms with Gasteiger partial charge in [0.1, 0.15) is 5.82 Å². The lowest BCUT2D eigenvalue weighted by Crippen LogP contribution is -2.15. The monoisotopic (exact) mass is 278 g/mol. The van der Waals surface area contributed by atoms with E-state index in [0.717, 1.165) is 0 Å². The van der Waals surface area contributed by atoms with E-state index in [1.165, 1.54) is 18.2 Å². The minimum Gasteiger partial charge on any atom is -0.398 e. The molecule has 0 aliphatic carbocycles. The molecule has 3 nitrogen and oxygen atoms in total. The summed E-state index contributed by atoms with van der Waals surface area (Å²) in [4.78, 5) is 12.1. The van der Waals surface area contributed by atoms with Gasteiger partial charge in [0.2, 0.25) is 0 Å². The molecule has 0 aromatic heterocycles. The van der Waals surface area contributed by atoms with Gasteiger partial charge in [0, 0.05) is 10.7 Å². The van der Waals surface area contributed by atoms with Crippen LogP contribution in [0.15, 0.2) is 36.4 Å². The molecule has 0 spiro atoms. The van der Waals surface area contributed by atoms with E-state index in [1.807, 2.05) is 0 Å². The minimum absolute atomic E-state index is 0.145. The molecule has 1 amide bonds. The number of hydrogen-bond donors (Lipinski definition) is 2. The SMILES string of the molecule is Cc1cccc(F)c1NC(=O)c1cc(Cl)ccc1N. The molecule has 0 aliphatic heterocycles. The normalized spacial score (nSPS) is 10.3. The molecule has 0 aliphatic rings. The quantitative estimate of drug-likeness (QED) is 0.824. The summed E-state index contributed by atoms with van der Waals surface area (Å²) in [5.41, 5.74) is 6.99. The number of rotatable bonds is 2. The third kappa shape index (κ3) is 2.85. The summed E-state index contributed by atoms with van der Waals surface area (Å²) in [6.07, 6.45) is 0. The zero-order chi connectivity index (χ0) is 14.0. The Morgan fingerprint density at radius 3 is 2.74 bits per heavy atom. The summed E-state index contributed by atoms with van der Waals surface area (Å²) in [6.45, 7) is 1.71. The number of amides is 1. The first-order valence-corrected chi connectivity index (χ1v) is 5.98. The van der Waals surface area contributed by atoms with Crippen LogP contribution in [0.3, 0.4) is 0 Å². The molecule has 0 atom stereocenters. The number of aryl methyl sites for hydroxylation is 1. The van der Waals surface area contributed by atoms with Crippen molar-refractivity contribution in [2.75, 3.05) is 11.1 Å². The number of nitrogens with two attached hydrogens (primary N) is 1. The van der Waals surface area contributed by atoms with Crippen molar-refractivity contribution >= 4 is 28.9 Å². The summed E-state index contributed by atoms with van der Waals surface area (Å²) < 4.78 is 13.6. The molecule has 2 aromatic rings. The average molecular weight is 279 g/mol. The number of carbonyl (C=O) groups excluding carboxylic acids is 1. The first kappa shape index (κ1) is 13.4. The highest BCUT2D eigenvalue weighted by Crippen LogP contribution is 2.22. The highest BCUT2D eigenvalue weighted by molar-refractivity contribution is 6.31. The number of anilines is 2. The molecule has 0 heterocycles. The van der Waals surface area contributed by atoms with E-state index >= 15 is 0 Å². The molecule has 0 saturated heterocycles. The van der Waals surface area contributed by atoms with Gasteiger partial charge in [0.05, 0.1) is 11.3 Å². The van der Waals surface area contributed by atoms with Crippen molar-refractivity contribution in [1.82, 2.24) is 0 Å². The third-order valence-corrected chi connectivity index (χ3v) is 2.96. The smallest absolute Gasteiger partial charge is 0.257 e. The first-order chi connectivity index (χ1) is 8.99. The standard InChI is InChI=1S/C14H12ClFN2O/c1-8-3-2-4-11(16)13(8)18-14(19)10-7-9(15)5-6-12(10)17/h2-7H,17H2,1H3,(H,18,19). The van der Waals surface area contributed by atoms with Gasteiger partial charge in [-0.25, -0.2) is 4.39 Å². The summed E-state index contributed by atoms with van der Waals surface area (Å²) >= 11 is 5.82. The highest BCUT2D eigenvalue weighted by Gasteiger charge is 2.14. The van der Waals surface area contributed by atoms with Crippen LogP contribution >= 0.6 is 11.6 Å². The van der Waals surface area contributed by atoms with Crippen LogP contribution in [0.2, 0.25) is 5.02 Å². The van der Waals surface area contributed by atoms with Gasteiger partial charge in [-0.2, -0.15) is 0 Å². The van der Waals surface area contributed by atoms with Crippen LogP contribution in [0.5, 0.6) is 0 Å². The minimum atomic E-state index is -0.492. The maximum Gasteiger partial charge on any atom is 0.257 e. The lowest BCUT2D eigenvalue weighted by atomic mass is 10.1. The predicted molar refractivity (Wildman–Crippen MR) is 75.0 cm³/mol. The van der Waals surface area contributed by atoms with Crippen LogP contribution in [-0.4, -0.2) is 5.91 Å². The Bertz CT molecular complexity index is 623. The predicted octanol–water partition coefficient (Wildman–Crippen LogP) is 3.62. The molecule has 3 N–H and O–H groups in total. The molecular weight excluding hydrogens is 267 g/mol. The second kappa shape index (κ2) is 5.28. The second-order valence-electron chi connectivity index (χ2n) is 4.12. The number of halogens is 2. The maximum absolute atomic E-state index is 13.6. The van der Waals surface area contributed by atoms with E-state index in [1.54, 1.807) is 25.1 Å². The molecule has 19 heavy (non-hydrogen) atoms. The van der Waals surface area contributed by atoms with Gasteiger partial charge in [0.15, 0.2) is 0 Å². The average Bonchev–Trinajstić information content (AvgIpc) is 2.37. The number of carbonyl (C=O) groups is 1. The summed E-state index contributed by atoms with van der Waals surface area (Å²) in [7, 11) is 0. The fraction of sp³-hybridized carbons (Fsp3) is 0.0714. The maximum atomic E-state index is 13.6. The van der Waals surface area contributed by atoms with Crippen LogP contribution in [-0.2, 0) is 0 Å². The van der Waals surface area contributed by atoms with Gasteiger partial charge in [-0.3, -0.25) is 4.79 Å². The van der Waals surface area contributed by atoms with Crippen LogP contribution < -0.4 is 11.1 Å². The van der Waals surface area contributed by atoms with Crippen LogP contribution in [0, 0.1) is 12.7 Å². The van der Waals surface area contributed by atoms with Gasteiger partial charge >= 0.3 is 0 Å². The molecular formula is C14H12ClFN2O. The summed E-state index contributed by atoms with van der Waals surface area (Å²) in [6, 6.07) is 9.13. The summed E-state index contributed by atoms with van der Waals surface area (Å²) in [5, 5.41) is 2.90. The Morgan fingerprint density at radius 1 is 1.32 bits per heavy atom. The van der Waals surface area contributed by atoms with Gasteiger partial charge in [-0.15, -0.1) is 0 Å². The largest absolute Gasteiger partial charge is 0.398 e. The summed E-state index contributed by atoms with van der Waals surface area (Å²) in [5.74, 6) is -0.984. The highest BCUT2D eigenvalue weighted by atomic mass is 35.5. The van der Waals surface area contributed by atoms with Crippen LogP contribution in [0.4, 0.5) is 15.8 Å². The first-order valence-electron chi connectivity index (χ1n) is 5.60. The third-order valence-electron chi connectivity index (χ3n) is 2.72.